The van der Waals surface area contributed by atoms with Gasteiger partial charge in [-0.15, -0.1) is 0 Å². The van der Waals surface area contributed by atoms with Gasteiger partial charge in [0.15, 0.2) is 0 Å². The van der Waals surface area contributed by atoms with E-state index in [9.17, 15) is 18.0 Å². The maximum Gasteiger partial charge on any atom is 0.243 e. The molecule has 0 unspecified atom stereocenters. The molecule has 2 aromatic rings. The van der Waals surface area contributed by atoms with E-state index in [2.05, 4.69) is 21.2 Å². The topological polar surface area (TPSA) is 86.8 Å². The molecule has 0 heterocycles. The number of hydrogen-bond acceptors (Lipinski definition) is 4. The molecule has 2 amide bonds. The molecular weight excluding hydrogens is 494 g/mol. The number of rotatable bonds is 8. The van der Waals surface area contributed by atoms with Gasteiger partial charge in [-0.05, 0) is 48.9 Å². The fraction of sp³-hybridized carbons (Fsp3) is 0.300. The zero-order valence-corrected chi connectivity index (χ0v) is 20.0. The summed E-state index contributed by atoms with van der Waals surface area (Å²) in [6, 6.07) is 12.3. The quantitative estimate of drug-likeness (QED) is 0.584. The number of hydrogen-bond donors (Lipinski definition) is 1. The van der Waals surface area contributed by atoms with E-state index < -0.39 is 28.5 Å². The molecule has 0 radical (unpaired) electrons. The van der Waals surface area contributed by atoms with Crippen molar-refractivity contribution in [1.82, 2.24) is 14.5 Å². The first kappa shape index (κ1) is 24.3. The SMILES string of the molecule is CNC(=O)[C@@H](C)N(Cc1cccc(Br)c1)C(=O)CN(C)S(=O)(=O)c1ccc(Cl)cc1. The number of nitrogens with one attached hydrogen (secondary N) is 1. The molecule has 0 bridgehead atoms. The summed E-state index contributed by atoms with van der Waals surface area (Å²) in [5, 5.41) is 2.94. The van der Waals surface area contributed by atoms with Crippen LogP contribution in [0.15, 0.2) is 57.9 Å². The molecular formula is C20H23BrClN3O4S. The number of carbonyl (C=O) groups is 2. The van der Waals surface area contributed by atoms with Crippen LogP contribution in [-0.4, -0.2) is 56.1 Å². The smallest absolute Gasteiger partial charge is 0.243 e. The van der Waals surface area contributed by atoms with Crippen molar-refractivity contribution in [2.24, 2.45) is 0 Å². The van der Waals surface area contributed by atoms with Crippen molar-refractivity contribution in [1.29, 1.82) is 0 Å². The van der Waals surface area contributed by atoms with Crippen LogP contribution in [0.4, 0.5) is 0 Å². The van der Waals surface area contributed by atoms with Gasteiger partial charge in [0.1, 0.15) is 6.04 Å². The molecule has 0 aliphatic rings. The minimum Gasteiger partial charge on any atom is -0.357 e. The highest BCUT2D eigenvalue weighted by Crippen LogP contribution is 2.19. The van der Waals surface area contributed by atoms with E-state index in [-0.39, 0.29) is 17.3 Å². The highest BCUT2D eigenvalue weighted by molar-refractivity contribution is 9.10. The molecule has 30 heavy (non-hydrogen) atoms. The average molecular weight is 517 g/mol. The van der Waals surface area contributed by atoms with Crippen LogP contribution < -0.4 is 5.32 Å². The Labute approximate surface area is 190 Å². The van der Waals surface area contributed by atoms with Crippen molar-refractivity contribution in [3.8, 4) is 0 Å². The first-order valence-electron chi connectivity index (χ1n) is 9.03. The molecule has 1 N–H and O–H groups in total. The van der Waals surface area contributed by atoms with Crippen LogP contribution in [0.5, 0.6) is 0 Å². The van der Waals surface area contributed by atoms with E-state index in [1.54, 1.807) is 6.92 Å². The molecule has 0 aliphatic carbocycles. The van der Waals surface area contributed by atoms with E-state index in [0.717, 1.165) is 14.3 Å². The monoisotopic (exact) mass is 515 g/mol. The second kappa shape index (κ2) is 10.4. The summed E-state index contributed by atoms with van der Waals surface area (Å²) < 4.78 is 27.4. The second-order valence-corrected chi connectivity index (χ2v) is 10.1. The van der Waals surface area contributed by atoms with Gasteiger partial charge < -0.3 is 10.2 Å². The van der Waals surface area contributed by atoms with E-state index >= 15 is 0 Å². The lowest BCUT2D eigenvalue weighted by Crippen LogP contribution is -2.50. The molecule has 10 heteroatoms. The molecule has 0 saturated carbocycles. The largest absolute Gasteiger partial charge is 0.357 e. The van der Waals surface area contributed by atoms with E-state index in [4.69, 9.17) is 11.6 Å². The summed E-state index contributed by atoms with van der Waals surface area (Å²) in [5.41, 5.74) is 0.802. The average Bonchev–Trinajstić information content (AvgIpc) is 2.71. The molecule has 0 aliphatic heterocycles. The Morgan fingerprint density at radius 2 is 1.80 bits per heavy atom. The Morgan fingerprint density at radius 1 is 1.17 bits per heavy atom. The first-order chi connectivity index (χ1) is 14.1. The van der Waals surface area contributed by atoms with Gasteiger partial charge in [0.2, 0.25) is 21.8 Å². The van der Waals surface area contributed by atoms with Crippen molar-refractivity contribution in [3.05, 3.63) is 63.6 Å². The summed E-state index contributed by atoms with van der Waals surface area (Å²) >= 11 is 9.21. The molecule has 7 nitrogen and oxygen atoms in total. The summed E-state index contributed by atoms with van der Waals surface area (Å²) in [4.78, 5) is 26.6. The number of halogens is 2. The zero-order chi connectivity index (χ0) is 22.5. The van der Waals surface area contributed by atoms with E-state index in [1.807, 2.05) is 24.3 Å². The number of sulfonamides is 1. The molecule has 1 atom stereocenters. The highest BCUT2D eigenvalue weighted by Gasteiger charge is 2.29. The summed E-state index contributed by atoms with van der Waals surface area (Å²) in [5.74, 6) is -0.840. The summed E-state index contributed by atoms with van der Waals surface area (Å²) in [7, 11) is -1.09. The Balaban J connectivity index is 2.26. The van der Waals surface area contributed by atoms with Crippen LogP contribution in [0, 0.1) is 0 Å². The molecule has 0 spiro atoms. The number of amides is 2. The molecule has 2 aromatic carbocycles. The maximum absolute atomic E-state index is 13.0. The molecule has 2 rings (SSSR count). The second-order valence-electron chi connectivity index (χ2n) is 6.66. The van der Waals surface area contributed by atoms with Gasteiger partial charge in [-0.1, -0.05) is 39.7 Å². The number of carbonyl (C=O) groups excluding carboxylic acids is 2. The predicted octanol–water partition coefficient (Wildman–Crippen LogP) is 2.89. The van der Waals surface area contributed by atoms with Gasteiger partial charge in [0, 0.05) is 30.1 Å². The molecule has 162 valence electrons. The lowest BCUT2D eigenvalue weighted by Gasteiger charge is -2.30. The van der Waals surface area contributed by atoms with Crippen molar-refractivity contribution in [3.63, 3.8) is 0 Å². The normalized spacial score (nSPS) is 12.5. The van der Waals surface area contributed by atoms with Gasteiger partial charge >= 0.3 is 0 Å². The first-order valence-corrected chi connectivity index (χ1v) is 11.6. The van der Waals surface area contributed by atoms with Crippen LogP contribution in [0.1, 0.15) is 12.5 Å². The number of likely N-dealkylation sites (N-methyl/N-ethyl adjacent to an activating group) is 2. The summed E-state index contributed by atoms with van der Waals surface area (Å²) in [6.45, 7) is 1.34. The predicted molar refractivity (Wildman–Crippen MR) is 119 cm³/mol. The fourth-order valence-corrected chi connectivity index (χ4v) is 4.47. The minimum absolute atomic E-state index is 0.0279. The van der Waals surface area contributed by atoms with Crippen LogP contribution in [-0.2, 0) is 26.2 Å². The third-order valence-electron chi connectivity index (χ3n) is 4.54. The van der Waals surface area contributed by atoms with Crippen molar-refractivity contribution >= 4 is 49.4 Å². The minimum atomic E-state index is -3.90. The van der Waals surface area contributed by atoms with Crippen LogP contribution >= 0.6 is 27.5 Å². The Morgan fingerprint density at radius 3 is 2.37 bits per heavy atom. The standard InChI is InChI=1S/C20H23BrClN3O4S/c1-14(20(27)23-2)25(12-15-5-4-6-16(21)11-15)19(26)13-24(3)30(28,29)18-9-7-17(22)8-10-18/h4-11,14H,12-13H2,1-3H3,(H,23,27)/t14-/m1/s1. The fourth-order valence-electron chi connectivity index (χ4n) is 2.78. The molecule has 0 aromatic heterocycles. The Kier molecular flexibility index (Phi) is 8.42. The van der Waals surface area contributed by atoms with Crippen LogP contribution in [0.3, 0.4) is 0 Å². The maximum atomic E-state index is 13.0. The zero-order valence-electron chi connectivity index (χ0n) is 16.8. The van der Waals surface area contributed by atoms with Gasteiger partial charge in [0.25, 0.3) is 0 Å². The Bertz CT molecular complexity index is 1010. The molecule has 0 saturated heterocycles. The lowest BCUT2D eigenvalue weighted by molar-refractivity contribution is -0.140. The van der Waals surface area contributed by atoms with Crippen molar-refractivity contribution in [2.75, 3.05) is 20.6 Å². The third kappa shape index (κ3) is 6.04. The summed E-state index contributed by atoms with van der Waals surface area (Å²) in [6.07, 6.45) is 0. The van der Waals surface area contributed by atoms with E-state index in [1.165, 1.54) is 43.3 Å². The number of benzene rings is 2. The third-order valence-corrected chi connectivity index (χ3v) is 7.10. The molecule has 0 fully saturated rings. The van der Waals surface area contributed by atoms with Gasteiger partial charge in [-0.3, -0.25) is 9.59 Å². The van der Waals surface area contributed by atoms with Gasteiger partial charge in [0.05, 0.1) is 11.4 Å². The van der Waals surface area contributed by atoms with Crippen LogP contribution in [0.25, 0.3) is 0 Å². The van der Waals surface area contributed by atoms with Crippen molar-refractivity contribution < 1.29 is 18.0 Å². The Hall–Kier alpha value is -1.94. The lowest BCUT2D eigenvalue weighted by atomic mass is 10.1. The van der Waals surface area contributed by atoms with Crippen LogP contribution in [0.2, 0.25) is 5.02 Å². The highest BCUT2D eigenvalue weighted by atomic mass is 79.9. The van der Waals surface area contributed by atoms with Crippen molar-refractivity contribution in [2.45, 2.75) is 24.4 Å². The van der Waals surface area contributed by atoms with Gasteiger partial charge in [-0.25, -0.2) is 8.42 Å². The van der Waals surface area contributed by atoms with E-state index in [0.29, 0.717) is 5.02 Å². The van der Waals surface area contributed by atoms with Gasteiger partial charge in [-0.2, -0.15) is 4.31 Å². The number of nitrogens with zero attached hydrogens (tertiary/aromatic N) is 2.